The zero-order valence-corrected chi connectivity index (χ0v) is 12.1. The zero-order chi connectivity index (χ0) is 14.7. The van der Waals surface area contributed by atoms with Gasteiger partial charge in [0.25, 0.3) is 0 Å². The van der Waals surface area contributed by atoms with E-state index in [0.717, 1.165) is 4.47 Å². The van der Waals surface area contributed by atoms with Crippen LogP contribution in [0.5, 0.6) is 11.5 Å². The predicted octanol–water partition coefficient (Wildman–Crippen LogP) is 4.27. The van der Waals surface area contributed by atoms with Crippen LogP contribution in [0.15, 0.2) is 40.9 Å². The number of benzene rings is 2. The Balaban J connectivity index is 2.50. The van der Waals surface area contributed by atoms with Crippen molar-refractivity contribution < 1.29 is 14.5 Å². The molecule has 6 heteroatoms. The second-order valence-corrected chi connectivity index (χ2v) is 5.00. The molecule has 0 radical (unpaired) electrons. The van der Waals surface area contributed by atoms with Crippen molar-refractivity contribution in [1.82, 2.24) is 0 Å². The number of halogens is 1. The molecule has 5 nitrogen and oxygen atoms in total. The van der Waals surface area contributed by atoms with E-state index in [4.69, 9.17) is 4.74 Å². The fourth-order valence-electron chi connectivity index (χ4n) is 1.73. The lowest BCUT2D eigenvalue weighted by molar-refractivity contribution is -0.385. The van der Waals surface area contributed by atoms with Gasteiger partial charge in [-0.05, 0) is 30.7 Å². The molecule has 0 saturated heterocycles. The minimum absolute atomic E-state index is 0.134. The normalized spacial score (nSPS) is 10.1. The molecule has 0 atom stereocenters. The molecule has 0 aliphatic carbocycles. The summed E-state index contributed by atoms with van der Waals surface area (Å²) in [6.07, 6.45) is 0.643. The Bertz CT molecular complexity index is 685. The maximum Gasteiger partial charge on any atom is 0.311 e. The quantitative estimate of drug-likeness (QED) is 0.475. The van der Waals surface area contributed by atoms with E-state index in [1.165, 1.54) is 6.07 Å². The first-order chi connectivity index (χ1) is 9.52. The first-order valence-electron chi connectivity index (χ1n) is 5.69. The first-order valence-corrected chi connectivity index (χ1v) is 6.49. The van der Waals surface area contributed by atoms with Gasteiger partial charge in [-0.1, -0.05) is 28.1 Å². The Hall–Kier alpha value is -2.21. The van der Waals surface area contributed by atoms with Crippen LogP contribution in [0.1, 0.15) is 15.9 Å². The molecule has 0 aromatic heterocycles. The number of nitro benzene ring substituents is 1. The van der Waals surface area contributed by atoms with Gasteiger partial charge in [0.05, 0.1) is 10.5 Å². The largest absolute Gasteiger partial charge is 0.449 e. The van der Waals surface area contributed by atoms with Gasteiger partial charge in [-0.15, -0.1) is 0 Å². The number of hydrogen-bond donors (Lipinski definition) is 0. The molecular formula is C14H10BrNO4. The van der Waals surface area contributed by atoms with Crippen LogP contribution in [0, 0.1) is 17.0 Å². The Morgan fingerprint density at radius 1 is 1.30 bits per heavy atom. The maximum atomic E-state index is 11.0. The summed E-state index contributed by atoms with van der Waals surface area (Å²) < 4.78 is 6.31. The molecule has 0 spiro atoms. The number of ether oxygens (including phenoxy) is 1. The molecule has 2 aromatic carbocycles. The van der Waals surface area contributed by atoms with Crippen molar-refractivity contribution in [2.24, 2.45) is 0 Å². The molecule has 2 rings (SSSR count). The topological polar surface area (TPSA) is 69.4 Å². The molecule has 0 amide bonds. The van der Waals surface area contributed by atoms with Gasteiger partial charge < -0.3 is 4.74 Å². The highest BCUT2D eigenvalue weighted by atomic mass is 79.9. The molecule has 20 heavy (non-hydrogen) atoms. The highest BCUT2D eigenvalue weighted by Gasteiger charge is 2.18. The van der Waals surface area contributed by atoms with Gasteiger partial charge in [-0.3, -0.25) is 14.9 Å². The van der Waals surface area contributed by atoms with Crippen LogP contribution in [0.25, 0.3) is 0 Å². The third kappa shape index (κ3) is 2.85. The summed E-state index contributed by atoms with van der Waals surface area (Å²) in [6.45, 7) is 1.71. The number of aryl methyl sites for hydroxylation is 1. The number of carbonyl (C=O) groups excluding carboxylic acids is 1. The number of rotatable bonds is 4. The van der Waals surface area contributed by atoms with Gasteiger partial charge in [0.1, 0.15) is 5.75 Å². The molecule has 102 valence electrons. The van der Waals surface area contributed by atoms with Crippen molar-refractivity contribution in [3.8, 4) is 11.5 Å². The number of nitrogens with zero attached hydrogens (tertiary/aromatic N) is 1. The summed E-state index contributed by atoms with van der Waals surface area (Å²) in [5.74, 6) is 0.420. The Morgan fingerprint density at radius 3 is 2.70 bits per heavy atom. The van der Waals surface area contributed by atoms with Crippen molar-refractivity contribution in [1.29, 1.82) is 0 Å². The number of nitro groups is 1. The second-order valence-electron chi connectivity index (χ2n) is 4.08. The van der Waals surface area contributed by atoms with Crippen molar-refractivity contribution in [3.05, 3.63) is 62.1 Å². The zero-order valence-electron chi connectivity index (χ0n) is 10.5. The van der Waals surface area contributed by atoms with Gasteiger partial charge in [0.2, 0.25) is 5.75 Å². The van der Waals surface area contributed by atoms with Gasteiger partial charge in [-0.2, -0.15) is 0 Å². The van der Waals surface area contributed by atoms with E-state index < -0.39 is 4.92 Å². The Kier molecular flexibility index (Phi) is 4.14. The van der Waals surface area contributed by atoms with E-state index in [-0.39, 0.29) is 17.2 Å². The number of aldehydes is 1. The van der Waals surface area contributed by atoms with Crippen molar-refractivity contribution in [3.63, 3.8) is 0 Å². The molecule has 2 aromatic rings. The third-order valence-corrected chi connectivity index (χ3v) is 3.19. The van der Waals surface area contributed by atoms with E-state index in [9.17, 15) is 14.9 Å². The van der Waals surface area contributed by atoms with Gasteiger partial charge in [-0.25, -0.2) is 0 Å². The summed E-state index contributed by atoms with van der Waals surface area (Å²) >= 11 is 3.25. The van der Waals surface area contributed by atoms with Crippen LogP contribution in [0.2, 0.25) is 0 Å². The van der Waals surface area contributed by atoms with Crippen LogP contribution in [-0.4, -0.2) is 11.2 Å². The lowest BCUT2D eigenvalue weighted by Gasteiger charge is -2.10. The Labute approximate surface area is 123 Å². The molecule has 0 aliphatic heterocycles. The lowest BCUT2D eigenvalue weighted by atomic mass is 10.2. The summed E-state index contributed by atoms with van der Waals surface area (Å²) in [5.41, 5.74) is 0.806. The average molecular weight is 336 g/mol. The van der Waals surface area contributed by atoms with E-state index in [1.807, 2.05) is 0 Å². The van der Waals surface area contributed by atoms with E-state index >= 15 is 0 Å². The number of hydrogen-bond acceptors (Lipinski definition) is 4. The molecular weight excluding hydrogens is 326 g/mol. The molecule has 0 aliphatic rings. The standard InChI is InChI=1S/C14H10BrNO4/c1-9-3-2-4-12(16(18)19)14(9)20-13-6-5-11(15)7-10(13)8-17/h2-8H,1H3. The number of carbonyl (C=O) groups is 1. The molecule has 0 N–H and O–H groups in total. The minimum Gasteiger partial charge on any atom is -0.449 e. The third-order valence-electron chi connectivity index (χ3n) is 2.70. The summed E-state index contributed by atoms with van der Waals surface area (Å²) in [7, 11) is 0. The van der Waals surface area contributed by atoms with E-state index in [0.29, 0.717) is 17.4 Å². The monoisotopic (exact) mass is 335 g/mol. The molecule has 0 heterocycles. The van der Waals surface area contributed by atoms with Gasteiger partial charge >= 0.3 is 5.69 Å². The lowest BCUT2D eigenvalue weighted by Crippen LogP contribution is -1.97. The van der Waals surface area contributed by atoms with Crippen LogP contribution in [0.3, 0.4) is 0 Å². The van der Waals surface area contributed by atoms with E-state index in [2.05, 4.69) is 15.9 Å². The predicted molar refractivity (Wildman–Crippen MR) is 77.4 cm³/mol. The Morgan fingerprint density at radius 2 is 2.05 bits per heavy atom. The highest BCUT2D eigenvalue weighted by Crippen LogP contribution is 2.35. The second kappa shape index (κ2) is 5.83. The molecule has 0 fully saturated rings. The fourth-order valence-corrected chi connectivity index (χ4v) is 2.11. The van der Waals surface area contributed by atoms with Crippen LogP contribution in [-0.2, 0) is 0 Å². The average Bonchev–Trinajstić information content (AvgIpc) is 2.42. The van der Waals surface area contributed by atoms with Crippen molar-refractivity contribution in [2.45, 2.75) is 6.92 Å². The van der Waals surface area contributed by atoms with Gasteiger partial charge in [0.15, 0.2) is 6.29 Å². The van der Waals surface area contributed by atoms with Crippen molar-refractivity contribution in [2.75, 3.05) is 0 Å². The summed E-state index contributed by atoms with van der Waals surface area (Å²) in [6, 6.07) is 9.54. The SMILES string of the molecule is Cc1cccc([N+](=O)[O-])c1Oc1ccc(Br)cc1C=O. The molecule has 0 saturated carbocycles. The molecule has 0 bridgehead atoms. The smallest absolute Gasteiger partial charge is 0.311 e. The van der Waals surface area contributed by atoms with Gasteiger partial charge in [0, 0.05) is 10.5 Å². The van der Waals surface area contributed by atoms with E-state index in [1.54, 1.807) is 37.3 Å². The van der Waals surface area contributed by atoms with Crippen molar-refractivity contribution >= 4 is 27.9 Å². The summed E-state index contributed by atoms with van der Waals surface area (Å²) in [5, 5.41) is 11.0. The fraction of sp³-hybridized carbons (Fsp3) is 0.0714. The van der Waals surface area contributed by atoms with Crippen LogP contribution < -0.4 is 4.74 Å². The van der Waals surface area contributed by atoms with Crippen LogP contribution >= 0.6 is 15.9 Å². The maximum absolute atomic E-state index is 11.0. The number of para-hydroxylation sites is 1. The molecule has 0 unspecified atom stereocenters. The summed E-state index contributed by atoms with van der Waals surface area (Å²) in [4.78, 5) is 21.5. The minimum atomic E-state index is -0.512. The first kappa shape index (κ1) is 14.2. The van der Waals surface area contributed by atoms with Crippen LogP contribution in [0.4, 0.5) is 5.69 Å². The highest BCUT2D eigenvalue weighted by molar-refractivity contribution is 9.10.